The Hall–Kier alpha value is -2.00. The van der Waals surface area contributed by atoms with Gasteiger partial charge in [0.2, 0.25) is 5.89 Å². The lowest BCUT2D eigenvalue weighted by Crippen LogP contribution is -2.40. The minimum Gasteiger partial charge on any atom is -0.388 e. The smallest absolute Gasteiger partial charge is 0.388 e. The molecule has 0 spiro atoms. The normalized spacial score (nSPS) is 24.5. The van der Waals surface area contributed by atoms with E-state index in [9.17, 15) is 18.0 Å². The molecule has 0 saturated carbocycles. The van der Waals surface area contributed by atoms with E-state index in [-0.39, 0.29) is 24.0 Å². The summed E-state index contributed by atoms with van der Waals surface area (Å²) in [5, 5.41) is 12.3. The molecule has 3 atom stereocenters. The number of nitrogens with zero attached hydrogens (tertiary/aromatic N) is 1. The summed E-state index contributed by atoms with van der Waals surface area (Å²) >= 11 is 0. The van der Waals surface area contributed by atoms with Crippen molar-refractivity contribution < 1.29 is 17.6 Å². The van der Waals surface area contributed by atoms with Crippen LogP contribution in [0.1, 0.15) is 31.2 Å². The Morgan fingerprint density at radius 2 is 1.93 bits per heavy atom. The predicted molar refractivity (Wildman–Crippen MR) is 96.0 cm³/mol. The number of aromatic amines is 1. The van der Waals surface area contributed by atoms with Gasteiger partial charge in [0.05, 0.1) is 5.56 Å². The van der Waals surface area contributed by atoms with Crippen molar-refractivity contribution in [1.29, 1.82) is 0 Å². The van der Waals surface area contributed by atoms with Gasteiger partial charge < -0.3 is 15.1 Å². The second-order valence-electron chi connectivity index (χ2n) is 7.03. The van der Waals surface area contributed by atoms with Gasteiger partial charge in [0, 0.05) is 29.9 Å². The van der Waals surface area contributed by atoms with Crippen LogP contribution in [0, 0.1) is 5.92 Å². The molecule has 0 aliphatic carbocycles. The van der Waals surface area contributed by atoms with Crippen molar-refractivity contribution in [3.63, 3.8) is 0 Å². The number of benzene rings is 1. The summed E-state index contributed by atoms with van der Waals surface area (Å²) in [4.78, 5) is 11.1. The van der Waals surface area contributed by atoms with Crippen LogP contribution >= 0.6 is 12.4 Å². The van der Waals surface area contributed by atoms with Crippen LogP contribution in [-0.2, 0) is 6.18 Å². The standard InChI is InChI=1S/C17H19F3N4O2.ClH/c18-17(19,20)13-4-1-10(15-23-24-16(25)26-15)7-14(13)21-8-9-5-11-2-3-12(6-9)22-11;/h1,4,7,9,11-12,21-22H,2-3,5-6,8H2,(H,24,25);1H/t9-,11-,12+;. The fraction of sp³-hybridized carbons (Fsp3) is 0.529. The van der Waals surface area contributed by atoms with Gasteiger partial charge in [-0.2, -0.15) is 13.2 Å². The van der Waals surface area contributed by atoms with Crippen LogP contribution in [0.3, 0.4) is 0 Å². The minimum atomic E-state index is -4.47. The van der Waals surface area contributed by atoms with Crippen LogP contribution in [0.5, 0.6) is 0 Å². The van der Waals surface area contributed by atoms with Crippen molar-refractivity contribution in [2.24, 2.45) is 5.92 Å². The lowest BCUT2D eigenvalue weighted by Gasteiger charge is -2.29. The van der Waals surface area contributed by atoms with Gasteiger partial charge in [0.25, 0.3) is 0 Å². The quantitative estimate of drug-likeness (QED) is 0.727. The van der Waals surface area contributed by atoms with Gasteiger partial charge in [-0.05, 0) is 49.8 Å². The van der Waals surface area contributed by atoms with Gasteiger partial charge in [-0.25, -0.2) is 9.89 Å². The number of hydrogen-bond acceptors (Lipinski definition) is 5. The van der Waals surface area contributed by atoms with Gasteiger partial charge >= 0.3 is 11.9 Å². The number of aromatic nitrogens is 2. The fourth-order valence-corrected chi connectivity index (χ4v) is 4.02. The van der Waals surface area contributed by atoms with Gasteiger partial charge in [-0.3, -0.25) is 0 Å². The lowest BCUT2D eigenvalue weighted by molar-refractivity contribution is -0.136. The maximum absolute atomic E-state index is 13.3. The molecule has 1 aromatic carbocycles. The van der Waals surface area contributed by atoms with Crippen molar-refractivity contribution in [2.75, 3.05) is 11.9 Å². The molecule has 0 radical (unpaired) electrons. The number of fused-ring (bicyclic) bond motifs is 2. The molecule has 1 aromatic heterocycles. The topological polar surface area (TPSA) is 83.0 Å². The molecule has 0 amide bonds. The van der Waals surface area contributed by atoms with Crippen LogP contribution in [-0.4, -0.2) is 28.8 Å². The Morgan fingerprint density at radius 1 is 1.22 bits per heavy atom. The Labute approximate surface area is 159 Å². The zero-order valence-corrected chi connectivity index (χ0v) is 15.1. The Kier molecular flexibility index (Phi) is 5.53. The van der Waals surface area contributed by atoms with Crippen molar-refractivity contribution in [2.45, 2.75) is 43.9 Å². The third-order valence-electron chi connectivity index (χ3n) is 5.16. The maximum Gasteiger partial charge on any atom is 0.434 e. The zero-order valence-electron chi connectivity index (χ0n) is 14.3. The third-order valence-corrected chi connectivity index (χ3v) is 5.16. The van der Waals surface area contributed by atoms with Crippen molar-refractivity contribution in [1.82, 2.24) is 15.5 Å². The highest BCUT2D eigenvalue weighted by atomic mass is 35.5. The molecule has 27 heavy (non-hydrogen) atoms. The summed E-state index contributed by atoms with van der Waals surface area (Å²) in [5.74, 6) is -0.451. The number of halogens is 4. The minimum absolute atomic E-state index is 0. The molecule has 6 nitrogen and oxygen atoms in total. The van der Waals surface area contributed by atoms with E-state index >= 15 is 0 Å². The summed E-state index contributed by atoms with van der Waals surface area (Å²) in [6.07, 6.45) is -0.247. The molecule has 2 aliphatic rings. The largest absolute Gasteiger partial charge is 0.434 e. The van der Waals surface area contributed by atoms with Crippen LogP contribution in [0.4, 0.5) is 18.9 Å². The van der Waals surface area contributed by atoms with Gasteiger partial charge in [0.1, 0.15) is 0 Å². The lowest BCUT2D eigenvalue weighted by atomic mass is 9.92. The molecule has 2 aliphatic heterocycles. The number of H-pyrrole nitrogens is 1. The van der Waals surface area contributed by atoms with E-state index in [4.69, 9.17) is 4.42 Å². The number of alkyl halides is 3. The van der Waals surface area contributed by atoms with Crippen molar-refractivity contribution in [3.8, 4) is 11.5 Å². The molecule has 2 aromatic rings. The van der Waals surface area contributed by atoms with E-state index in [1.165, 1.54) is 12.1 Å². The Balaban J connectivity index is 0.00000210. The van der Waals surface area contributed by atoms with Crippen molar-refractivity contribution >= 4 is 18.1 Å². The monoisotopic (exact) mass is 404 g/mol. The van der Waals surface area contributed by atoms with E-state index in [2.05, 4.69) is 20.8 Å². The first-order chi connectivity index (χ1) is 12.4. The molecule has 0 unspecified atom stereocenters. The number of piperidine rings is 1. The summed E-state index contributed by atoms with van der Waals surface area (Å²) in [6.45, 7) is 0.478. The second kappa shape index (κ2) is 7.55. The SMILES string of the molecule is Cl.O=c1[nH]nc(-c2ccc(C(F)(F)F)c(NC[C@@H]3C[C@H]4CC[C@@H](C3)N4)c2)o1. The van der Waals surface area contributed by atoms with E-state index in [0.29, 0.717) is 30.1 Å². The van der Waals surface area contributed by atoms with Crippen LogP contribution in [0.15, 0.2) is 27.4 Å². The first-order valence-corrected chi connectivity index (χ1v) is 8.65. The van der Waals surface area contributed by atoms with E-state index < -0.39 is 17.5 Å². The maximum atomic E-state index is 13.3. The average molecular weight is 405 g/mol. The van der Waals surface area contributed by atoms with Crippen molar-refractivity contribution in [3.05, 3.63) is 34.3 Å². The molecular weight excluding hydrogens is 385 g/mol. The van der Waals surface area contributed by atoms with E-state index in [1.807, 2.05) is 0 Å². The molecule has 3 heterocycles. The van der Waals surface area contributed by atoms with E-state index in [1.54, 1.807) is 0 Å². The molecule has 148 valence electrons. The summed E-state index contributed by atoms with van der Waals surface area (Å²) in [6, 6.07) is 4.52. The Morgan fingerprint density at radius 3 is 2.52 bits per heavy atom. The highest BCUT2D eigenvalue weighted by Gasteiger charge is 2.35. The van der Waals surface area contributed by atoms with Gasteiger partial charge in [0.15, 0.2) is 0 Å². The number of rotatable bonds is 4. The van der Waals surface area contributed by atoms with Gasteiger partial charge in [-0.15, -0.1) is 17.5 Å². The van der Waals surface area contributed by atoms with Crippen LogP contribution in [0.2, 0.25) is 0 Å². The first kappa shape index (κ1) is 19.8. The first-order valence-electron chi connectivity index (χ1n) is 8.65. The van der Waals surface area contributed by atoms with E-state index in [0.717, 1.165) is 31.7 Å². The van der Waals surface area contributed by atoms with Crippen LogP contribution in [0.25, 0.3) is 11.5 Å². The highest BCUT2D eigenvalue weighted by Crippen LogP contribution is 2.38. The molecule has 2 saturated heterocycles. The number of hydrogen-bond donors (Lipinski definition) is 3. The molecule has 2 fully saturated rings. The molecule has 10 heteroatoms. The fourth-order valence-electron chi connectivity index (χ4n) is 4.02. The zero-order chi connectivity index (χ0) is 18.3. The summed E-state index contributed by atoms with van der Waals surface area (Å²) in [5.41, 5.74) is -0.452. The number of anilines is 1. The summed E-state index contributed by atoms with van der Waals surface area (Å²) < 4.78 is 44.9. The Bertz CT molecular complexity index is 839. The van der Waals surface area contributed by atoms with Crippen LogP contribution < -0.4 is 16.4 Å². The molecular formula is C17H20ClF3N4O2. The predicted octanol–water partition coefficient (Wildman–Crippen LogP) is 3.41. The molecule has 3 N–H and O–H groups in total. The second-order valence-corrected chi connectivity index (χ2v) is 7.03. The summed E-state index contributed by atoms with van der Waals surface area (Å²) in [7, 11) is 0. The average Bonchev–Trinajstić information content (AvgIpc) is 3.17. The third kappa shape index (κ3) is 4.30. The molecule has 2 bridgehead atoms. The highest BCUT2D eigenvalue weighted by molar-refractivity contribution is 5.85. The van der Waals surface area contributed by atoms with Gasteiger partial charge in [-0.1, -0.05) is 0 Å². The molecule has 4 rings (SSSR count). The number of nitrogens with one attached hydrogen (secondary N) is 3.